The van der Waals surface area contributed by atoms with Crippen molar-refractivity contribution in [3.05, 3.63) is 29.8 Å². The molecule has 5 heteroatoms. The quantitative estimate of drug-likeness (QED) is 0.709. The van der Waals surface area contributed by atoms with Crippen LogP contribution in [0.2, 0.25) is 0 Å². The van der Waals surface area contributed by atoms with Gasteiger partial charge in [0.25, 0.3) is 0 Å². The van der Waals surface area contributed by atoms with Crippen molar-refractivity contribution < 1.29 is 14.6 Å². The Hall–Kier alpha value is -1.59. The van der Waals surface area contributed by atoms with Crippen LogP contribution in [0.3, 0.4) is 0 Å². The molecule has 0 radical (unpaired) electrons. The van der Waals surface area contributed by atoms with E-state index in [4.69, 9.17) is 15.6 Å². The molecular weight excluding hydrogens is 220 g/mol. The Morgan fingerprint density at radius 1 is 1.65 bits per heavy atom. The molecule has 1 aromatic carbocycles. The lowest BCUT2D eigenvalue weighted by molar-refractivity contribution is -0.145. The van der Waals surface area contributed by atoms with Gasteiger partial charge in [-0.15, -0.1) is 0 Å². The SMILES string of the molecule is N[C@@H](C[C@@]12CO[C@@H]1Nc1ccccc12)C(=O)O. The summed E-state index contributed by atoms with van der Waals surface area (Å²) in [6.07, 6.45) is 0.266. The first-order valence-corrected chi connectivity index (χ1v) is 5.59. The Morgan fingerprint density at radius 3 is 3.06 bits per heavy atom. The first-order chi connectivity index (χ1) is 8.13. The number of carbonyl (C=O) groups is 1. The molecule has 1 fully saturated rings. The standard InChI is InChI=1S/C12H14N2O3/c13-8(10(15)16)5-12-6-17-11(12)14-9-4-2-1-3-7(9)12/h1-4,8,11,14H,5-6,13H2,(H,15,16)/t8-,11-,12-/m0/s1. The van der Waals surface area contributed by atoms with Crippen LogP contribution in [0.4, 0.5) is 5.69 Å². The molecule has 0 spiro atoms. The first kappa shape index (κ1) is 10.6. The van der Waals surface area contributed by atoms with Crippen molar-refractivity contribution >= 4 is 11.7 Å². The highest BCUT2D eigenvalue weighted by Crippen LogP contribution is 2.50. The lowest BCUT2D eigenvalue weighted by Crippen LogP contribution is -2.58. The number of carboxylic acid groups (broad SMARTS) is 1. The summed E-state index contributed by atoms with van der Waals surface area (Å²) in [5.74, 6) is -0.964. The number of hydrogen-bond donors (Lipinski definition) is 3. The van der Waals surface area contributed by atoms with Gasteiger partial charge in [0.15, 0.2) is 0 Å². The Balaban J connectivity index is 1.94. The molecule has 2 aliphatic rings. The molecule has 2 heterocycles. The maximum absolute atomic E-state index is 10.9. The summed E-state index contributed by atoms with van der Waals surface area (Å²) in [6, 6.07) is 7.04. The van der Waals surface area contributed by atoms with Gasteiger partial charge in [-0.3, -0.25) is 4.79 Å². The Kier molecular flexibility index (Phi) is 2.14. The van der Waals surface area contributed by atoms with Crippen LogP contribution in [-0.4, -0.2) is 30.0 Å². The second-order valence-electron chi connectivity index (χ2n) is 4.69. The van der Waals surface area contributed by atoms with Crippen molar-refractivity contribution in [1.82, 2.24) is 0 Å². The number of para-hydroxylation sites is 1. The van der Waals surface area contributed by atoms with E-state index in [-0.39, 0.29) is 11.6 Å². The van der Waals surface area contributed by atoms with Crippen LogP contribution >= 0.6 is 0 Å². The third-order valence-electron chi connectivity index (χ3n) is 3.66. The summed E-state index contributed by atoms with van der Waals surface area (Å²) in [4.78, 5) is 10.9. The highest BCUT2D eigenvalue weighted by atomic mass is 16.5. The van der Waals surface area contributed by atoms with E-state index in [0.717, 1.165) is 11.3 Å². The van der Waals surface area contributed by atoms with Gasteiger partial charge in [-0.1, -0.05) is 18.2 Å². The number of rotatable bonds is 3. The highest BCUT2D eigenvalue weighted by Gasteiger charge is 2.56. The van der Waals surface area contributed by atoms with Crippen LogP contribution in [-0.2, 0) is 14.9 Å². The fourth-order valence-corrected chi connectivity index (χ4v) is 2.71. The minimum absolute atomic E-state index is 0.134. The number of ether oxygens (including phenoxy) is 1. The molecule has 17 heavy (non-hydrogen) atoms. The lowest BCUT2D eigenvalue weighted by atomic mass is 9.73. The van der Waals surface area contributed by atoms with E-state index in [1.54, 1.807) is 0 Å². The molecule has 3 atom stereocenters. The normalized spacial score (nSPS) is 30.8. The summed E-state index contributed by atoms with van der Waals surface area (Å²) in [6.45, 7) is 0.530. The largest absolute Gasteiger partial charge is 0.480 e. The molecule has 1 saturated heterocycles. The molecule has 90 valence electrons. The Bertz CT molecular complexity index is 477. The zero-order valence-electron chi connectivity index (χ0n) is 9.22. The third-order valence-corrected chi connectivity index (χ3v) is 3.66. The van der Waals surface area contributed by atoms with Crippen molar-refractivity contribution in [2.75, 3.05) is 11.9 Å². The average molecular weight is 234 g/mol. The predicted octanol–water partition coefficient (Wildman–Crippen LogP) is 0.508. The van der Waals surface area contributed by atoms with Gasteiger partial charge in [0.2, 0.25) is 0 Å². The fourth-order valence-electron chi connectivity index (χ4n) is 2.71. The summed E-state index contributed by atoms with van der Waals surface area (Å²) in [7, 11) is 0. The van der Waals surface area contributed by atoms with Gasteiger partial charge in [0.05, 0.1) is 12.0 Å². The molecule has 2 aliphatic heterocycles. The van der Waals surface area contributed by atoms with E-state index >= 15 is 0 Å². The molecule has 0 bridgehead atoms. The molecule has 0 saturated carbocycles. The number of nitrogens with two attached hydrogens (primary N) is 1. The molecule has 3 rings (SSSR count). The monoisotopic (exact) mass is 234 g/mol. The summed E-state index contributed by atoms with van der Waals surface area (Å²) < 4.78 is 5.46. The summed E-state index contributed by atoms with van der Waals surface area (Å²) >= 11 is 0. The number of carboxylic acids is 1. The van der Waals surface area contributed by atoms with Crippen molar-refractivity contribution in [2.45, 2.75) is 24.1 Å². The summed E-state index contributed by atoms with van der Waals surface area (Å²) in [5.41, 5.74) is 7.52. The molecular formula is C12H14N2O3. The van der Waals surface area contributed by atoms with Gasteiger partial charge in [-0.25, -0.2) is 0 Å². The van der Waals surface area contributed by atoms with E-state index in [0.29, 0.717) is 13.0 Å². The Labute approximate surface area is 98.6 Å². The molecule has 0 amide bonds. The van der Waals surface area contributed by atoms with Gasteiger partial charge in [0.1, 0.15) is 12.3 Å². The molecule has 0 unspecified atom stereocenters. The van der Waals surface area contributed by atoms with Gasteiger partial charge in [0, 0.05) is 5.69 Å². The van der Waals surface area contributed by atoms with E-state index in [9.17, 15) is 4.79 Å². The molecule has 0 aliphatic carbocycles. The van der Waals surface area contributed by atoms with Crippen LogP contribution < -0.4 is 11.1 Å². The second kappa shape index (κ2) is 3.45. The fraction of sp³-hybridized carbons (Fsp3) is 0.417. The minimum Gasteiger partial charge on any atom is -0.480 e. The van der Waals surface area contributed by atoms with Crippen LogP contribution in [0.5, 0.6) is 0 Å². The number of hydrogen-bond acceptors (Lipinski definition) is 4. The first-order valence-electron chi connectivity index (χ1n) is 5.59. The van der Waals surface area contributed by atoms with E-state index in [1.807, 2.05) is 24.3 Å². The Morgan fingerprint density at radius 2 is 2.41 bits per heavy atom. The van der Waals surface area contributed by atoms with Crippen molar-refractivity contribution in [3.8, 4) is 0 Å². The number of aliphatic carboxylic acids is 1. The minimum atomic E-state index is -0.964. The van der Waals surface area contributed by atoms with Crippen LogP contribution in [0.1, 0.15) is 12.0 Å². The van der Waals surface area contributed by atoms with E-state index in [1.165, 1.54) is 0 Å². The molecule has 5 nitrogen and oxygen atoms in total. The van der Waals surface area contributed by atoms with Crippen LogP contribution in [0.25, 0.3) is 0 Å². The van der Waals surface area contributed by atoms with Crippen molar-refractivity contribution in [3.63, 3.8) is 0 Å². The number of fused-ring (bicyclic) bond motifs is 3. The number of benzene rings is 1. The molecule has 1 aromatic rings. The second-order valence-corrected chi connectivity index (χ2v) is 4.69. The number of nitrogens with one attached hydrogen (secondary N) is 1. The van der Waals surface area contributed by atoms with Crippen molar-refractivity contribution in [1.29, 1.82) is 0 Å². The topological polar surface area (TPSA) is 84.6 Å². The van der Waals surface area contributed by atoms with E-state index < -0.39 is 12.0 Å². The van der Waals surface area contributed by atoms with Crippen molar-refractivity contribution in [2.24, 2.45) is 5.73 Å². The maximum atomic E-state index is 10.9. The molecule has 0 aromatic heterocycles. The smallest absolute Gasteiger partial charge is 0.320 e. The zero-order valence-corrected chi connectivity index (χ0v) is 9.22. The highest BCUT2D eigenvalue weighted by molar-refractivity contribution is 5.74. The predicted molar refractivity (Wildman–Crippen MR) is 61.7 cm³/mol. The summed E-state index contributed by atoms with van der Waals surface area (Å²) in [5, 5.41) is 12.2. The van der Waals surface area contributed by atoms with Crippen LogP contribution in [0, 0.1) is 0 Å². The average Bonchev–Trinajstić information content (AvgIpc) is 2.51. The number of anilines is 1. The lowest BCUT2D eigenvalue weighted by Gasteiger charge is -2.45. The molecule has 4 N–H and O–H groups in total. The zero-order chi connectivity index (χ0) is 12.0. The van der Waals surface area contributed by atoms with E-state index in [2.05, 4.69) is 5.32 Å². The van der Waals surface area contributed by atoms with Gasteiger partial charge in [-0.05, 0) is 18.1 Å². The van der Waals surface area contributed by atoms with Gasteiger partial charge in [-0.2, -0.15) is 0 Å². The maximum Gasteiger partial charge on any atom is 0.320 e. The van der Waals surface area contributed by atoms with Crippen LogP contribution in [0.15, 0.2) is 24.3 Å². The van der Waals surface area contributed by atoms with Gasteiger partial charge >= 0.3 is 5.97 Å². The third kappa shape index (κ3) is 1.36. The van der Waals surface area contributed by atoms with Gasteiger partial charge < -0.3 is 20.9 Å².